The van der Waals surface area contributed by atoms with Crippen LogP contribution in [0.25, 0.3) is 10.7 Å². The average Bonchev–Trinajstić information content (AvgIpc) is 3.03. The van der Waals surface area contributed by atoms with Crippen LogP contribution in [-0.4, -0.2) is 45.1 Å². The minimum absolute atomic E-state index is 0.425. The third-order valence-corrected chi connectivity index (χ3v) is 8.98. The van der Waals surface area contributed by atoms with Crippen LogP contribution in [0.5, 0.6) is 0 Å². The summed E-state index contributed by atoms with van der Waals surface area (Å²) >= 11 is 12.9. The molecule has 3 aromatic rings. The Morgan fingerprint density at radius 2 is 2.07 bits per heavy atom. The van der Waals surface area contributed by atoms with Gasteiger partial charge in [0, 0.05) is 35.8 Å². The maximum atomic E-state index is 6.05. The van der Waals surface area contributed by atoms with Crippen molar-refractivity contribution in [3.63, 3.8) is 0 Å². The second kappa shape index (κ2) is 8.00. The summed E-state index contributed by atoms with van der Waals surface area (Å²) in [5.41, 5.74) is 1.94. The topological polar surface area (TPSA) is 34.0 Å². The average molecular weight is 510 g/mol. The maximum absolute atomic E-state index is 6.05. The number of aromatic nitrogens is 3. The second-order valence-corrected chi connectivity index (χ2v) is 11.7. The fraction of sp³-hybridized carbons (Fsp3) is 0.429. The van der Waals surface area contributed by atoms with Crippen LogP contribution in [0.15, 0.2) is 46.0 Å². The van der Waals surface area contributed by atoms with Crippen molar-refractivity contribution in [2.75, 3.05) is 25.4 Å². The van der Waals surface area contributed by atoms with E-state index in [1.54, 1.807) is 11.8 Å². The summed E-state index contributed by atoms with van der Waals surface area (Å²) in [5, 5.41) is 9.69. The molecule has 1 unspecified atom stereocenters. The molecule has 4 nitrogen and oxygen atoms in total. The van der Waals surface area contributed by atoms with Crippen molar-refractivity contribution in [1.82, 2.24) is 19.7 Å². The van der Waals surface area contributed by atoms with Gasteiger partial charge >= 0.3 is 0 Å². The molecule has 1 aliphatic carbocycles. The first-order valence-electron chi connectivity index (χ1n) is 9.81. The number of nitrogens with zero attached hydrogens (tertiary/aromatic N) is 4. The van der Waals surface area contributed by atoms with Crippen molar-refractivity contribution < 1.29 is 0 Å². The van der Waals surface area contributed by atoms with E-state index in [0.29, 0.717) is 5.41 Å². The summed E-state index contributed by atoms with van der Waals surface area (Å²) in [7, 11) is 2.03. The van der Waals surface area contributed by atoms with Crippen LogP contribution in [-0.2, 0) is 12.5 Å². The molecule has 1 saturated heterocycles. The van der Waals surface area contributed by atoms with E-state index in [2.05, 4.69) is 59.9 Å². The van der Waals surface area contributed by atoms with Gasteiger partial charge in [0.2, 0.25) is 0 Å². The molecule has 3 heterocycles. The fourth-order valence-electron chi connectivity index (χ4n) is 4.53. The van der Waals surface area contributed by atoms with Gasteiger partial charge in [0.1, 0.15) is 0 Å². The molecule has 1 aromatic carbocycles. The first-order chi connectivity index (χ1) is 14.0. The Kier molecular flexibility index (Phi) is 5.54. The highest BCUT2D eigenvalue weighted by Gasteiger charge is 2.60. The lowest BCUT2D eigenvalue weighted by Gasteiger charge is -2.21. The maximum Gasteiger partial charge on any atom is 0.191 e. The highest BCUT2D eigenvalue weighted by atomic mass is 79.9. The molecule has 152 valence electrons. The van der Waals surface area contributed by atoms with Gasteiger partial charge in [0.05, 0.1) is 9.21 Å². The number of likely N-dealkylation sites (tertiary alicyclic amines) is 1. The lowest BCUT2D eigenvalue weighted by atomic mass is 9.95. The van der Waals surface area contributed by atoms with Crippen molar-refractivity contribution in [3.8, 4) is 10.7 Å². The molecule has 0 bridgehead atoms. The van der Waals surface area contributed by atoms with E-state index < -0.39 is 0 Å². The van der Waals surface area contributed by atoms with Crippen LogP contribution in [0.4, 0.5) is 0 Å². The molecule has 2 atom stereocenters. The van der Waals surface area contributed by atoms with Gasteiger partial charge in [0.15, 0.2) is 11.0 Å². The molecule has 0 radical (unpaired) electrons. The quantitative estimate of drug-likeness (QED) is 0.301. The van der Waals surface area contributed by atoms with Crippen molar-refractivity contribution >= 4 is 50.6 Å². The van der Waals surface area contributed by atoms with Gasteiger partial charge in [-0.25, -0.2) is 0 Å². The number of hydrogen-bond acceptors (Lipinski definition) is 5. The summed E-state index contributed by atoms with van der Waals surface area (Å²) in [6, 6.07) is 12.9. The lowest BCUT2D eigenvalue weighted by Crippen LogP contribution is -2.27. The van der Waals surface area contributed by atoms with Crippen molar-refractivity contribution in [1.29, 1.82) is 0 Å². The fourth-order valence-corrected chi connectivity index (χ4v) is 6.69. The number of thioether (sulfide) groups is 1. The van der Waals surface area contributed by atoms with Gasteiger partial charge in [-0.2, -0.15) is 0 Å². The van der Waals surface area contributed by atoms with Gasteiger partial charge < -0.3 is 9.47 Å². The zero-order valence-corrected chi connectivity index (χ0v) is 20.1. The molecule has 2 fully saturated rings. The minimum Gasteiger partial charge on any atom is -0.305 e. The van der Waals surface area contributed by atoms with Crippen LogP contribution in [0, 0.1) is 5.92 Å². The van der Waals surface area contributed by atoms with E-state index in [-0.39, 0.29) is 0 Å². The van der Waals surface area contributed by atoms with Gasteiger partial charge in [-0.15, -0.1) is 21.5 Å². The first-order valence-corrected chi connectivity index (χ1v) is 12.8. The molecule has 0 spiro atoms. The number of hydrogen-bond donors (Lipinski definition) is 0. The molecule has 2 aliphatic rings. The van der Waals surface area contributed by atoms with Gasteiger partial charge in [-0.05, 0) is 55.1 Å². The first kappa shape index (κ1) is 20.1. The van der Waals surface area contributed by atoms with Gasteiger partial charge in [0.25, 0.3) is 0 Å². The van der Waals surface area contributed by atoms with Crippen molar-refractivity contribution in [3.05, 3.63) is 50.8 Å². The Bertz CT molecular complexity index is 1020. The highest BCUT2D eigenvalue weighted by molar-refractivity contribution is 9.10. The Labute approximate surface area is 192 Å². The van der Waals surface area contributed by atoms with Crippen LogP contribution >= 0.6 is 50.6 Å². The van der Waals surface area contributed by atoms with Crippen molar-refractivity contribution in [2.45, 2.75) is 23.4 Å². The Balaban J connectivity index is 1.12. The van der Waals surface area contributed by atoms with E-state index >= 15 is 0 Å². The Hall–Kier alpha value is -0.860. The van der Waals surface area contributed by atoms with E-state index in [9.17, 15) is 0 Å². The summed E-state index contributed by atoms with van der Waals surface area (Å²) < 4.78 is 4.01. The Morgan fingerprint density at radius 3 is 2.83 bits per heavy atom. The number of piperidine rings is 1. The molecule has 1 aliphatic heterocycles. The zero-order chi connectivity index (χ0) is 20.0. The van der Waals surface area contributed by atoms with E-state index in [1.165, 1.54) is 42.8 Å². The van der Waals surface area contributed by atoms with Crippen LogP contribution in [0.2, 0.25) is 4.34 Å². The van der Waals surface area contributed by atoms with Crippen LogP contribution in [0.3, 0.4) is 0 Å². The van der Waals surface area contributed by atoms with Gasteiger partial charge in [-0.1, -0.05) is 51.4 Å². The SMILES string of the molecule is Cn1c(SCCCN2CC3C[C@@]3(c3ccc(Br)cc3)C2)nnc1-c1ccc(Cl)s1. The predicted molar refractivity (Wildman–Crippen MR) is 125 cm³/mol. The summed E-state index contributed by atoms with van der Waals surface area (Å²) in [5.74, 6) is 2.79. The summed E-state index contributed by atoms with van der Waals surface area (Å²) in [6.45, 7) is 3.61. The zero-order valence-electron chi connectivity index (χ0n) is 16.1. The summed E-state index contributed by atoms with van der Waals surface area (Å²) in [4.78, 5) is 3.71. The van der Waals surface area contributed by atoms with Crippen LogP contribution in [0.1, 0.15) is 18.4 Å². The number of rotatable bonds is 7. The number of benzene rings is 1. The van der Waals surface area contributed by atoms with Crippen LogP contribution < -0.4 is 0 Å². The normalized spacial score (nSPS) is 23.5. The minimum atomic E-state index is 0.425. The van der Waals surface area contributed by atoms with E-state index in [4.69, 9.17) is 11.6 Å². The largest absolute Gasteiger partial charge is 0.305 e. The highest BCUT2D eigenvalue weighted by Crippen LogP contribution is 2.59. The predicted octanol–water partition coefficient (Wildman–Crippen LogP) is 5.72. The molecule has 2 aromatic heterocycles. The summed E-state index contributed by atoms with van der Waals surface area (Å²) in [6.07, 6.45) is 2.52. The van der Waals surface area contributed by atoms with Gasteiger partial charge in [-0.3, -0.25) is 0 Å². The third kappa shape index (κ3) is 3.92. The second-order valence-electron chi connectivity index (χ2n) is 7.97. The van der Waals surface area contributed by atoms with E-state index in [1.807, 2.05) is 19.2 Å². The van der Waals surface area contributed by atoms with E-state index in [0.717, 1.165) is 42.9 Å². The molecule has 8 heteroatoms. The molecular weight excluding hydrogens is 488 g/mol. The lowest BCUT2D eigenvalue weighted by molar-refractivity contribution is 0.299. The standard InChI is InChI=1S/C21H22BrClN4S2/c1-26-19(17-7-8-18(23)29-17)24-25-20(26)28-10-2-9-27-12-15-11-21(15,13-27)14-3-5-16(22)6-4-14/h3-8,15H,2,9-13H2,1H3/t15?,21-/m0/s1. The molecule has 5 rings (SSSR count). The molecule has 29 heavy (non-hydrogen) atoms. The smallest absolute Gasteiger partial charge is 0.191 e. The molecular formula is C21H22BrClN4S2. The number of thiophene rings is 1. The number of fused-ring (bicyclic) bond motifs is 1. The molecule has 1 saturated carbocycles. The third-order valence-electron chi connectivity index (χ3n) is 6.11. The van der Waals surface area contributed by atoms with Crippen molar-refractivity contribution in [2.24, 2.45) is 13.0 Å². The number of halogens is 2. The Morgan fingerprint density at radius 1 is 1.24 bits per heavy atom. The monoisotopic (exact) mass is 508 g/mol. The molecule has 0 amide bonds. The molecule has 0 N–H and O–H groups in total.